The Labute approximate surface area is 186 Å². The highest BCUT2D eigenvalue weighted by molar-refractivity contribution is 5.76. The molecule has 5 N–H and O–H groups in total. The monoisotopic (exact) mass is 428 g/mol. The third-order valence-corrected chi connectivity index (χ3v) is 5.99. The third kappa shape index (κ3) is 5.83. The number of aromatic nitrogens is 2. The standard InChI is InChI=1S/C23H39N8/c1-3-28-15-16-29(4-2)22-19-20(9-10-21(22)28)26-27-23-30(13-7-5-11-24)17-18-31(23)14-8-6-12-25/h9-10,17-19H,3-8,11-16,24-25H2,1-2H3/q+1/p+1. The number of hydrogen-bond donors (Lipinski definition) is 2. The fourth-order valence-electron chi connectivity index (χ4n) is 4.15. The van der Waals surface area contributed by atoms with Crippen LogP contribution in [0.5, 0.6) is 0 Å². The van der Waals surface area contributed by atoms with E-state index in [1.807, 2.05) is 0 Å². The van der Waals surface area contributed by atoms with E-state index in [-0.39, 0.29) is 0 Å². The molecule has 1 aromatic heterocycles. The zero-order chi connectivity index (χ0) is 22.1. The molecule has 0 fully saturated rings. The van der Waals surface area contributed by atoms with E-state index in [1.54, 1.807) is 0 Å². The molecule has 0 saturated heterocycles. The van der Waals surface area contributed by atoms with Crippen molar-refractivity contribution in [2.75, 3.05) is 49.1 Å². The van der Waals surface area contributed by atoms with E-state index in [0.717, 1.165) is 89.7 Å². The molecule has 1 aliphatic heterocycles. The number of nitrogens with two attached hydrogens (primary N) is 1. The van der Waals surface area contributed by atoms with Crippen LogP contribution in [0.1, 0.15) is 39.5 Å². The van der Waals surface area contributed by atoms with E-state index in [9.17, 15) is 0 Å². The average Bonchev–Trinajstić information content (AvgIpc) is 3.18. The van der Waals surface area contributed by atoms with Crippen molar-refractivity contribution in [1.82, 2.24) is 4.57 Å². The molecule has 0 spiro atoms. The summed E-state index contributed by atoms with van der Waals surface area (Å²) in [6.45, 7) is 12.1. The van der Waals surface area contributed by atoms with Gasteiger partial charge in [-0.25, -0.2) is 9.13 Å². The molecular weight excluding hydrogens is 388 g/mol. The number of anilines is 2. The number of hydrogen-bond acceptors (Lipinski definition) is 5. The predicted octanol–water partition coefficient (Wildman–Crippen LogP) is 2.62. The average molecular weight is 429 g/mol. The van der Waals surface area contributed by atoms with Crippen LogP contribution in [0.3, 0.4) is 0 Å². The molecule has 0 atom stereocenters. The van der Waals surface area contributed by atoms with Crippen LogP contribution >= 0.6 is 0 Å². The number of rotatable bonds is 12. The summed E-state index contributed by atoms with van der Waals surface area (Å²) in [7, 11) is 0. The van der Waals surface area contributed by atoms with E-state index >= 15 is 0 Å². The summed E-state index contributed by atoms with van der Waals surface area (Å²) >= 11 is 0. The number of quaternary nitrogens is 1. The second-order valence-corrected chi connectivity index (χ2v) is 8.07. The maximum Gasteiger partial charge on any atom is 0.421 e. The van der Waals surface area contributed by atoms with Crippen LogP contribution in [0.15, 0.2) is 40.8 Å². The Morgan fingerprint density at radius 2 is 1.77 bits per heavy atom. The Kier molecular flexibility index (Phi) is 8.85. The van der Waals surface area contributed by atoms with Gasteiger partial charge in [0, 0.05) is 31.3 Å². The van der Waals surface area contributed by atoms with Crippen LogP contribution in [0.25, 0.3) is 0 Å². The largest absolute Gasteiger partial charge is 0.421 e. The van der Waals surface area contributed by atoms with Crippen molar-refractivity contribution in [1.29, 1.82) is 0 Å². The number of benzene rings is 1. The molecular formula is C23H40N8+2. The first-order valence-electron chi connectivity index (χ1n) is 11.8. The number of aryl methyl sites for hydroxylation is 2. The smallest absolute Gasteiger partial charge is 0.368 e. The molecule has 0 amide bonds. The molecule has 2 aromatic rings. The molecule has 170 valence electrons. The Hall–Kier alpha value is -2.45. The second-order valence-electron chi connectivity index (χ2n) is 8.07. The highest BCUT2D eigenvalue weighted by Gasteiger charge is 2.22. The van der Waals surface area contributed by atoms with Gasteiger partial charge in [0.1, 0.15) is 5.69 Å². The summed E-state index contributed by atoms with van der Waals surface area (Å²) in [5, 5.41) is 9.36. The first kappa shape index (κ1) is 23.2. The summed E-state index contributed by atoms with van der Waals surface area (Å²) < 4.78 is 4.40. The normalized spacial score (nSPS) is 13.9. The highest BCUT2D eigenvalue weighted by Crippen LogP contribution is 2.36. The van der Waals surface area contributed by atoms with Crippen LogP contribution in [-0.2, 0) is 13.1 Å². The van der Waals surface area contributed by atoms with Gasteiger partial charge in [0.15, 0.2) is 0 Å². The van der Waals surface area contributed by atoms with Gasteiger partial charge in [0.05, 0.1) is 43.4 Å². The van der Waals surface area contributed by atoms with Gasteiger partial charge in [-0.05, 0) is 64.3 Å². The molecule has 0 saturated carbocycles. The van der Waals surface area contributed by atoms with E-state index in [2.05, 4.69) is 74.2 Å². The van der Waals surface area contributed by atoms with Crippen LogP contribution in [0, 0.1) is 0 Å². The van der Waals surface area contributed by atoms with Crippen LogP contribution in [0.4, 0.5) is 23.0 Å². The van der Waals surface area contributed by atoms with E-state index in [0.29, 0.717) is 0 Å². The fraction of sp³-hybridized carbons (Fsp3) is 0.609. The molecule has 1 aliphatic rings. The van der Waals surface area contributed by atoms with Crippen LogP contribution < -0.4 is 25.8 Å². The lowest BCUT2D eigenvalue weighted by Crippen LogP contribution is -2.50. The quantitative estimate of drug-likeness (QED) is 0.309. The van der Waals surface area contributed by atoms with Crippen molar-refractivity contribution in [2.45, 2.75) is 52.6 Å². The molecule has 1 aromatic carbocycles. The molecule has 31 heavy (non-hydrogen) atoms. The van der Waals surface area contributed by atoms with Gasteiger partial charge >= 0.3 is 5.95 Å². The lowest BCUT2D eigenvalue weighted by molar-refractivity contribution is -0.684. The Balaban J connectivity index is 1.85. The Morgan fingerprint density at radius 3 is 2.48 bits per heavy atom. The first-order chi connectivity index (χ1) is 15.2. The van der Waals surface area contributed by atoms with Gasteiger partial charge < -0.3 is 21.3 Å². The molecule has 8 heteroatoms. The molecule has 0 radical (unpaired) electrons. The number of unbranched alkanes of at least 4 members (excludes halogenated alkanes) is 2. The minimum Gasteiger partial charge on any atom is -0.368 e. The highest BCUT2D eigenvalue weighted by atomic mass is 15.3. The molecule has 0 bridgehead atoms. The van der Waals surface area contributed by atoms with Gasteiger partial charge in [0.2, 0.25) is 0 Å². The summed E-state index contributed by atoms with van der Waals surface area (Å²) in [4.78, 5) is 4.86. The van der Waals surface area contributed by atoms with Gasteiger partial charge in [-0.1, -0.05) is 5.11 Å². The third-order valence-electron chi connectivity index (χ3n) is 5.99. The fourth-order valence-corrected chi connectivity index (χ4v) is 4.15. The van der Waals surface area contributed by atoms with Crippen molar-refractivity contribution in [2.24, 2.45) is 16.0 Å². The minimum absolute atomic E-state index is 0.722. The number of fused-ring (bicyclic) bond motifs is 1. The number of likely N-dealkylation sites (N-methyl/N-ethyl adjacent to an activating group) is 2. The molecule has 0 aliphatic carbocycles. The lowest BCUT2D eigenvalue weighted by Gasteiger charge is -2.38. The van der Waals surface area contributed by atoms with Gasteiger partial charge in [-0.2, -0.15) is 0 Å². The summed E-state index contributed by atoms with van der Waals surface area (Å²) in [6.07, 6.45) is 8.50. The maximum absolute atomic E-state index is 5.68. The topological polar surface area (TPSA) is 93.7 Å². The number of nitrogens with zero attached hydrogens (tertiary/aromatic N) is 6. The van der Waals surface area contributed by atoms with Crippen LogP contribution in [-0.4, -0.2) is 43.8 Å². The van der Waals surface area contributed by atoms with E-state index in [4.69, 9.17) is 10.8 Å². The lowest BCUT2D eigenvalue weighted by atomic mass is 10.1. The summed E-state index contributed by atoms with van der Waals surface area (Å²) in [6, 6.07) is 6.45. The number of azo groups is 1. The number of imidazole rings is 1. The second kappa shape index (κ2) is 11.8. The van der Waals surface area contributed by atoms with Crippen LogP contribution in [0.2, 0.25) is 0 Å². The zero-order valence-corrected chi connectivity index (χ0v) is 19.3. The molecule has 2 heterocycles. The molecule has 3 rings (SSSR count). The van der Waals surface area contributed by atoms with E-state index < -0.39 is 0 Å². The van der Waals surface area contributed by atoms with Crippen molar-refractivity contribution in [3.63, 3.8) is 0 Å². The van der Waals surface area contributed by atoms with Crippen molar-refractivity contribution >= 4 is 23.0 Å². The predicted molar refractivity (Wildman–Crippen MR) is 126 cm³/mol. The van der Waals surface area contributed by atoms with Gasteiger partial charge in [-0.15, -0.1) is 0 Å². The molecule has 0 unspecified atom stereocenters. The van der Waals surface area contributed by atoms with Crippen molar-refractivity contribution < 1.29 is 10.3 Å². The van der Waals surface area contributed by atoms with Crippen molar-refractivity contribution in [3.05, 3.63) is 30.6 Å². The molecule has 8 nitrogen and oxygen atoms in total. The SMILES string of the molecule is CCN1CCN(CC)c2cc(N=Nc3n(CCCC[NH3+])cc[n+]3CCCCN)ccc21. The zero-order valence-electron chi connectivity index (χ0n) is 19.3. The summed E-state index contributed by atoms with van der Waals surface area (Å²) in [5.74, 6) is 0.904. The van der Waals surface area contributed by atoms with Gasteiger partial charge in [0.25, 0.3) is 0 Å². The maximum atomic E-state index is 5.68. The minimum atomic E-state index is 0.722. The Morgan fingerprint density at radius 1 is 1.00 bits per heavy atom. The van der Waals surface area contributed by atoms with E-state index in [1.165, 1.54) is 11.4 Å². The van der Waals surface area contributed by atoms with Gasteiger partial charge in [-0.3, -0.25) is 0 Å². The van der Waals surface area contributed by atoms with Crippen molar-refractivity contribution in [3.8, 4) is 0 Å². The Bertz CT molecular complexity index is 817. The first-order valence-corrected chi connectivity index (χ1v) is 11.8. The summed E-state index contributed by atoms with van der Waals surface area (Å²) in [5.41, 5.74) is 13.1.